The average molecular weight is 356 g/mol. The lowest BCUT2D eigenvalue weighted by atomic mass is 10.1. The highest BCUT2D eigenvalue weighted by Gasteiger charge is 2.17. The fraction of sp³-hybridized carbons (Fsp3) is 0.316. The molecule has 26 heavy (non-hydrogen) atoms. The van der Waals surface area contributed by atoms with Crippen molar-refractivity contribution in [1.82, 2.24) is 10.6 Å². The zero-order valence-corrected chi connectivity index (χ0v) is 14.4. The quantitative estimate of drug-likeness (QED) is 0.881. The van der Waals surface area contributed by atoms with Gasteiger partial charge in [-0.05, 0) is 42.3 Å². The zero-order valence-electron chi connectivity index (χ0n) is 14.4. The molecule has 2 aliphatic rings. The van der Waals surface area contributed by atoms with Crippen LogP contribution < -0.4 is 29.6 Å². The maximum atomic E-state index is 12.2. The van der Waals surface area contributed by atoms with Crippen molar-refractivity contribution in [2.24, 2.45) is 0 Å². The van der Waals surface area contributed by atoms with E-state index >= 15 is 0 Å². The van der Waals surface area contributed by atoms with Gasteiger partial charge in [0.05, 0.1) is 6.04 Å². The van der Waals surface area contributed by atoms with Crippen LogP contribution in [0.15, 0.2) is 36.4 Å². The van der Waals surface area contributed by atoms with E-state index in [4.69, 9.17) is 18.9 Å². The van der Waals surface area contributed by atoms with Crippen LogP contribution in [0.2, 0.25) is 0 Å². The highest BCUT2D eigenvalue weighted by atomic mass is 16.7. The lowest BCUT2D eigenvalue weighted by Gasteiger charge is -2.19. The molecule has 0 bridgehead atoms. The Morgan fingerprint density at radius 1 is 0.962 bits per heavy atom. The third kappa shape index (κ3) is 3.46. The van der Waals surface area contributed by atoms with Gasteiger partial charge < -0.3 is 29.6 Å². The normalized spacial score (nSPS) is 15.3. The summed E-state index contributed by atoms with van der Waals surface area (Å²) in [7, 11) is 0. The summed E-state index contributed by atoms with van der Waals surface area (Å²) in [4.78, 5) is 12.2. The minimum absolute atomic E-state index is 0.162. The van der Waals surface area contributed by atoms with Crippen LogP contribution in [0.5, 0.6) is 23.0 Å². The summed E-state index contributed by atoms with van der Waals surface area (Å²) in [6, 6.07) is 10.9. The molecule has 2 amide bonds. The van der Waals surface area contributed by atoms with Gasteiger partial charge in [0.2, 0.25) is 6.79 Å². The van der Waals surface area contributed by atoms with E-state index in [1.807, 2.05) is 43.3 Å². The maximum Gasteiger partial charge on any atom is 0.315 e. The van der Waals surface area contributed by atoms with Crippen molar-refractivity contribution >= 4 is 6.03 Å². The molecule has 4 rings (SSSR count). The van der Waals surface area contributed by atoms with Crippen molar-refractivity contribution in [3.63, 3.8) is 0 Å². The van der Waals surface area contributed by atoms with E-state index in [-0.39, 0.29) is 18.9 Å². The van der Waals surface area contributed by atoms with E-state index in [2.05, 4.69) is 10.6 Å². The second-order valence-corrected chi connectivity index (χ2v) is 6.14. The Morgan fingerprint density at radius 2 is 1.65 bits per heavy atom. The third-order valence-electron chi connectivity index (χ3n) is 4.30. The standard InChI is InChI=1S/C19H20N2O5/c1-12(14-3-5-16-18(9-14)26-11-25-16)21-19(22)20-10-13-2-4-15-17(8-13)24-7-6-23-15/h2-5,8-9,12H,6-7,10-11H2,1H3,(H2,20,21,22)/t12-/m0/s1. The van der Waals surface area contributed by atoms with Gasteiger partial charge in [0.15, 0.2) is 23.0 Å². The smallest absolute Gasteiger partial charge is 0.315 e. The molecule has 0 spiro atoms. The lowest BCUT2D eigenvalue weighted by molar-refractivity contribution is 0.171. The summed E-state index contributed by atoms with van der Waals surface area (Å²) in [5.74, 6) is 2.88. The van der Waals surface area contributed by atoms with E-state index in [1.165, 1.54) is 0 Å². The fourth-order valence-corrected chi connectivity index (χ4v) is 2.89. The van der Waals surface area contributed by atoms with Gasteiger partial charge in [0, 0.05) is 6.54 Å². The second-order valence-electron chi connectivity index (χ2n) is 6.14. The van der Waals surface area contributed by atoms with Gasteiger partial charge in [-0.15, -0.1) is 0 Å². The number of nitrogens with one attached hydrogen (secondary N) is 2. The summed E-state index contributed by atoms with van der Waals surface area (Å²) in [6.45, 7) is 3.65. The molecule has 7 nitrogen and oxygen atoms in total. The Morgan fingerprint density at radius 3 is 2.54 bits per heavy atom. The van der Waals surface area contributed by atoms with Gasteiger partial charge in [0.1, 0.15) is 13.2 Å². The predicted octanol–water partition coefficient (Wildman–Crippen LogP) is 2.75. The molecule has 2 aromatic rings. The molecule has 0 unspecified atom stereocenters. The topological polar surface area (TPSA) is 78.1 Å². The van der Waals surface area contributed by atoms with E-state index < -0.39 is 0 Å². The Balaban J connectivity index is 1.32. The van der Waals surface area contributed by atoms with Crippen molar-refractivity contribution < 1.29 is 23.7 Å². The molecule has 1 atom stereocenters. The molecule has 136 valence electrons. The summed E-state index contributed by atoms with van der Waals surface area (Å²) < 4.78 is 21.7. The summed E-state index contributed by atoms with van der Waals surface area (Å²) in [6.07, 6.45) is 0. The van der Waals surface area contributed by atoms with Crippen LogP contribution in [0.3, 0.4) is 0 Å². The highest BCUT2D eigenvalue weighted by molar-refractivity contribution is 5.74. The minimum Gasteiger partial charge on any atom is -0.486 e. The number of amides is 2. The number of hydrogen-bond donors (Lipinski definition) is 2. The number of ether oxygens (including phenoxy) is 4. The van der Waals surface area contributed by atoms with Crippen LogP contribution in [0.25, 0.3) is 0 Å². The second kappa shape index (κ2) is 7.03. The van der Waals surface area contributed by atoms with Gasteiger partial charge in [-0.2, -0.15) is 0 Å². The van der Waals surface area contributed by atoms with Crippen molar-refractivity contribution in [3.05, 3.63) is 47.5 Å². The Hall–Kier alpha value is -3.09. The van der Waals surface area contributed by atoms with E-state index in [0.717, 1.165) is 22.6 Å². The van der Waals surface area contributed by atoms with Gasteiger partial charge in [-0.3, -0.25) is 0 Å². The van der Waals surface area contributed by atoms with Crippen molar-refractivity contribution in [2.75, 3.05) is 20.0 Å². The van der Waals surface area contributed by atoms with Gasteiger partial charge >= 0.3 is 6.03 Å². The molecule has 2 aromatic carbocycles. The molecule has 0 aliphatic carbocycles. The molecule has 0 saturated heterocycles. The maximum absolute atomic E-state index is 12.2. The first-order chi connectivity index (χ1) is 12.7. The van der Waals surface area contributed by atoms with E-state index in [1.54, 1.807) is 0 Å². The first-order valence-corrected chi connectivity index (χ1v) is 8.51. The molecule has 0 radical (unpaired) electrons. The van der Waals surface area contributed by atoms with Gasteiger partial charge in [0.25, 0.3) is 0 Å². The van der Waals surface area contributed by atoms with Crippen LogP contribution in [0, 0.1) is 0 Å². The highest BCUT2D eigenvalue weighted by Crippen LogP contribution is 2.34. The molecular weight excluding hydrogens is 336 g/mol. The third-order valence-corrected chi connectivity index (χ3v) is 4.30. The monoisotopic (exact) mass is 356 g/mol. The number of urea groups is 1. The van der Waals surface area contributed by atoms with Crippen LogP contribution in [0.1, 0.15) is 24.1 Å². The molecule has 7 heteroatoms. The first kappa shape index (κ1) is 16.4. The van der Waals surface area contributed by atoms with Crippen LogP contribution >= 0.6 is 0 Å². The number of hydrogen-bond acceptors (Lipinski definition) is 5. The van der Waals surface area contributed by atoms with Crippen molar-refractivity contribution in [2.45, 2.75) is 19.5 Å². The Labute approximate surface area is 151 Å². The summed E-state index contributed by atoms with van der Waals surface area (Å²) in [5, 5.41) is 5.77. The van der Waals surface area contributed by atoms with Gasteiger partial charge in [-0.1, -0.05) is 12.1 Å². The number of carbonyl (C=O) groups is 1. The summed E-state index contributed by atoms with van der Waals surface area (Å²) in [5.41, 5.74) is 1.89. The molecule has 0 aromatic heterocycles. The minimum atomic E-state index is -0.245. The molecule has 0 fully saturated rings. The largest absolute Gasteiger partial charge is 0.486 e. The molecule has 2 aliphatic heterocycles. The van der Waals surface area contributed by atoms with Crippen molar-refractivity contribution in [3.8, 4) is 23.0 Å². The SMILES string of the molecule is C[C@H](NC(=O)NCc1ccc2c(c1)OCCO2)c1ccc2c(c1)OCO2. The predicted molar refractivity (Wildman–Crippen MR) is 93.8 cm³/mol. The molecular formula is C19H20N2O5. The zero-order chi connectivity index (χ0) is 17.9. The van der Waals surface area contributed by atoms with E-state index in [0.29, 0.717) is 31.3 Å². The molecule has 2 heterocycles. The molecule has 2 N–H and O–H groups in total. The fourth-order valence-electron chi connectivity index (χ4n) is 2.89. The number of rotatable bonds is 4. The molecule has 0 saturated carbocycles. The summed E-state index contributed by atoms with van der Waals surface area (Å²) >= 11 is 0. The number of fused-ring (bicyclic) bond motifs is 2. The number of carbonyl (C=O) groups excluding carboxylic acids is 1. The van der Waals surface area contributed by atoms with Gasteiger partial charge in [-0.25, -0.2) is 4.79 Å². The van der Waals surface area contributed by atoms with Crippen LogP contribution in [0.4, 0.5) is 4.79 Å². The van der Waals surface area contributed by atoms with Crippen molar-refractivity contribution in [1.29, 1.82) is 0 Å². The Bertz CT molecular complexity index is 824. The lowest BCUT2D eigenvalue weighted by Crippen LogP contribution is -2.36. The average Bonchev–Trinajstić information content (AvgIpc) is 3.14. The van der Waals surface area contributed by atoms with Crippen LogP contribution in [-0.4, -0.2) is 26.0 Å². The number of benzene rings is 2. The van der Waals surface area contributed by atoms with E-state index in [9.17, 15) is 4.79 Å². The first-order valence-electron chi connectivity index (χ1n) is 8.51. The van der Waals surface area contributed by atoms with Crippen LogP contribution in [-0.2, 0) is 6.54 Å². The Kier molecular flexibility index (Phi) is 4.43.